The smallest absolute Gasteiger partial charge is 0.335 e. The molecule has 0 saturated heterocycles. The number of rotatable bonds is 8. The Bertz CT molecular complexity index is 1090. The third-order valence-electron chi connectivity index (χ3n) is 4.55. The summed E-state index contributed by atoms with van der Waals surface area (Å²) in [5.41, 5.74) is 1.95. The highest BCUT2D eigenvalue weighted by Crippen LogP contribution is 2.30. The summed E-state index contributed by atoms with van der Waals surface area (Å²) in [5, 5.41) is 23.7. The number of ketones is 1. The number of Topliss-reactive ketones (excluding diaryl/α,β-unsaturated/α-hetero) is 1. The van der Waals surface area contributed by atoms with Crippen molar-refractivity contribution in [1.29, 1.82) is 0 Å². The number of hydrogen-bond acceptors (Lipinski definition) is 7. The molecule has 1 fully saturated rings. The Kier molecular flexibility index (Phi) is 5.57. The average molecular weight is 423 g/mol. The molecule has 0 radical (unpaired) electrons. The summed E-state index contributed by atoms with van der Waals surface area (Å²) in [4.78, 5) is 35.3. The highest BCUT2D eigenvalue weighted by atomic mass is 32.2. The molecular formula is C20H17N5O4S. The number of carboxylic acids is 1. The van der Waals surface area contributed by atoms with Crippen molar-refractivity contribution in [2.75, 3.05) is 11.1 Å². The number of benzene rings is 2. The van der Waals surface area contributed by atoms with Crippen molar-refractivity contribution in [2.45, 2.75) is 18.0 Å². The lowest BCUT2D eigenvalue weighted by Gasteiger charge is -2.06. The fourth-order valence-corrected chi connectivity index (χ4v) is 3.50. The SMILES string of the molecule is O=C(O)c1ccc(-n2nnnc2SCC(=O)c2ccc(NC(=O)C3CC3)cc2)cc1. The summed E-state index contributed by atoms with van der Waals surface area (Å²) in [6.07, 6.45) is 1.87. The second kappa shape index (κ2) is 8.46. The van der Waals surface area contributed by atoms with Crippen LogP contribution in [-0.4, -0.2) is 48.7 Å². The number of anilines is 1. The second-order valence-corrected chi connectivity index (χ2v) is 7.72. The summed E-state index contributed by atoms with van der Waals surface area (Å²) >= 11 is 1.18. The Morgan fingerprint density at radius 2 is 1.70 bits per heavy atom. The van der Waals surface area contributed by atoms with Crippen molar-refractivity contribution in [3.05, 3.63) is 59.7 Å². The first kappa shape index (κ1) is 19.8. The van der Waals surface area contributed by atoms with Crippen molar-refractivity contribution in [1.82, 2.24) is 20.2 Å². The Hall–Kier alpha value is -3.53. The largest absolute Gasteiger partial charge is 0.478 e. The van der Waals surface area contributed by atoms with Gasteiger partial charge in [-0.3, -0.25) is 9.59 Å². The first-order chi connectivity index (χ1) is 14.5. The van der Waals surface area contributed by atoms with Crippen LogP contribution in [0, 0.1) is 5.92 Å². The number of carbonyl (C=O) groups is 3. The molecule has 1 saturated carbocycles. The summed E-state index contributed by atoms with van der Waals surface area (Å²) in [6, 6.07) is 12.9. The van der Waals surface area contributed by atoms with Gasteiger partial charge in [-0.2, -0.15) is 4.68 Å². The third kappa shape index (κ3) is 4.54. The van der Waals surface area contributed by atoms with Crippen LogP contribution in [0.3, 0.4) is 0 Å². The number of nitrogens with zero attached hydrogens (tertiary/aromatic N) is 4. The van der Waals surface area contributed by atoms with Gasteiger partial charge >= 0.3 is 5.97 Å². The maximum absolute atomic E-state index is 12.5. The second-order valence-electron chi connectivity index (χ2n) is 6.78. The standard InChI is InChI=1S/C20H17N5O4S/c26-17(12-3-7-15(8-4-12)21-18(27)13-1-2-13)11-30-20-22-23-24-25(20)16-9-5-14(6-10-16)19(28)29/h3-10,13H,1-2,11H2,(H,21,27)(H,28,29). The summed E-state index contributed by atoms with van der Waals surface area (Å²) in [6.45, 7) is 0. The first-order valence-electron chi connectivity index (χ1n) is 9.20. The van der Waals surface area contributed by atoms with Crippen molar-refractivity contribution >= 4 is 35.1 Å². The van der Waals surface area contributed by atoms with Crippen molar-refractivity contribution < 1.29 is 19.5 Å². The normalized spacial score (nSPS) is 13.1. The monoisotopic (exact) mass is 423 g/mol. The van der Waals surface area contributed by atoms with E-state index in [-0.39, 0.29) is 28.9 Å². The minimum absolute atomic E-state index is 0.0212. The topological polar surface area (TPSA) is 127 Å². The Morgan fingerprint density at radius 1 is 1.03 bits per heavy atom. The Labute approximate surface area is 175 Å². The molecule has 0 bridgehead atoms. The van der Waals surface area contributed by atoms with Crippen LogP contribution < -0.4 is 5.32 Å². The number of amides is 1. The van der Waals surface area contributed by atoms with E-state index in [1.807, 2.05) is 0 Å². The van der Waals surface area contributed by atoms with Crippen LogP contribution in [0.5, 0.6) is 0 Å². The molecule has 0 spiro atoms. The van der Waals surface area contributed by atoms with Crippen LogP contribution >= 0.6 is 11.8 Å². The van der Waals surface area contributed by atoms with E-state index < -0.39 is 5.97 Å². The number of tetrazole rings is 1. The molecule has 3 aromatic rings. The predicted molar refractivity (Wildman–Crippen MR) is 109 cm³/mol. The molecule has 1 amide bonds. The highest BCUT2D eigenvalue weighted by molar-refractivity contribution is 7.99. The number of carbonyl (C=O) groups excluding carboxylic acids is 2. The van der Waals surface area contributed by atoms with E-state index in [9.17, 15) is 14.4 Å². The summed E-state index contributed by atoms with van der Waals surface area (Å²) in [7, 11) is 0. The molecule has 0 aliphatic heterocycles. The van der Waals surface area contributed by atoms with Crippen LogP contribution in [0.4, 0.5) is 5.69 Å². The zero-order chi connectivity index (χ0) is 21.1. The molecule has 152 valence electrons. The molecule has 30 heavy (non-hydrogen) atoms. The quantitative estimate of drug-likeness (QED) is 0.418. The predicted octanol–water partition coefficient (Wildman–Crippen LogP) is 2.68. The van der Waals surface area contributed by atoms with Gasteiger partial charge in [0.1, 0.15) is 0 Å². The maximum Gasteiger partial charge on any atom is 0.335 e. The van der Waals surface area contributed by atoms with Crippen molar-refractivity contribution in [2.24, 2.45) is 5.92 Å². The zero-order valence-electron chi connectivity index (χ0n) is 15.7. The number of aromatic nitrogens is 4. The van der Waals surface area contributed by atoms with Gasteiger partial charge in [0, 0.05) is 17.2 Å². The Morgan fingerprint density at radius 3 is 2.33 bits per heavy atom. The minimum atomic E-state index is -1.02. The fourth-order valence-electron chi connectivity index (χ4n) is 2.72. The average Bonchev–Trinajstić information content (AvgIpc) is 3.51. The lowest BCUT2D eigenvalue weighted by molar-refractivity contribution is -0.117. The number of hydrogen-bond donors (Lipinski definition) is 2. The van der Waals surface area contributed by atoms with E-state index >= 15 is 0 Å². The molecule has 0 unspecified atom stereocenters. The molecule has 9 nitrogen and oxygen atoms in total. The van der Waals surface area contributed by atoms with Gasteiger partial charge in [0.2, 0.25) is 11.1 Å². The van der Waals surface area contributed by atoms with Gasteiger partial charge in [0.15, 0.2) is 5.78 Å². The molecule has 4 rings (SSSR count). The number of nitrogens with one attached hydrogen (secondary N) is 1. The van der Waals surface area contributed by atoms with E-state index in [1.165, 1.54) is 28.6 Å². The molecule has 2 aromatic carbocycles. The number of thioether (sulfide) groups is 1. The molecule has 0 atom stereocenters. The van der Waals surface area contributed by atoms with Gasteiger partial charge in [0.25, 0.3) is 0 Å². The molecular weight excluding hydrogens is 406 g/mol. The molecule has 1 heterocycles. The van der Waals surface area contributed by atoms with E-state index in [0.29, 0.717) is 22.1 Å². The molecule has 2 N–H and O–H groups in total. The van der Waals surface area contributed by atoms with Crippen LogP contribution in [-0.2, 0) is 4.79 Å². The van der Waals surface area contributed by atoms with Crippen LogP contribution in [0.2, 0.25) is 0 Å². The van der Waals surface area contributed by atoms with Crippen molar-refractivity contribution in [3.63, 3.8) is 0 Å². The van der Waals surface area contributed by atoms with Crippen LogP contribution in [0.1, 0.15) is 33.6 Å². The number of aromatic carboxylic acids is 1. The lowest BCUT2D eigenvalue weighted by Crippen LogP contribution is -2.13. The molecule has 10 heteroatoms. The molecule has 1 aliphatic carbocycles. The summed E-state index contributed by atoms with van der Waals surface area (Å²) < 4.78 is 1.44. The van der Waals surface area contributed by atoms with Gasteiger partial charge in [-0.05, 0) is 71.8 Å². The van der Waals surface area contributed by atoms with E-state index in [0.717, 1.165) is 12.8 Å². The van der Waals surface area contributed by atoms with Crippen LogP contribution in [0.15, 0.2) is 53.7 Å². The van der Waals surface area contributed by atoms with E-state index in [4.69, 9.17) is 5.11 Å². The third-order valence-corrected chi connectivity index (χ3v) is 5.47. The lowest BCUT2D eigenvalue weighted by atomic mass is 10.1. The highest BCUT2D eigenvalue weighted by Gasteiger charge is 2.29. The van der Waals surface area contributed by atoms with Gasteiger partial charge in [-0.25, -0.2) is 4.79 Å². The van der Waals surface area contributed by atoms with Gasteiger partial charge in [-0.15, -0.1) is 5.10 Å². The van der Waals surface area contributed by atoms with E-state index in [2.05, 4.69) is 20.8 Å². The minimum Gasteiger partial charge on any atom is -0.478 e. The van der Waals surface area contributed by atoms with Gasteiger partial charge in [-0.1, -0.05) is 11.8 Å². The summed E-state index contributed by atoms with van der Waals surface area (Å²) in [5.74, 6) is -0.851. The zero-order valence-corrected chi connectivity index (χ0v) is 16.5. The molecule has 1 aliphatic rings. The van der Waals surface area contributed by atoms with E-state index in [1.54, 1.807) is 36.4 Å². The Balaban J connectivity index is 1.38. The molecule has 1 aromatic heterocycles. The van der Waals surface area contributed by atoms with Gasteiger partial charge in [0.05, 0.1) is 17.0 Å². The number of carboxylic acid groups (broad SMARTS) is 1. The van der Waals surface area contributed by atoms with Crippen LogP contribution in [0.25, 0.3) is 5.69 Å². The van der Waals surface area contributed by atoms with Gasteiger partial charge < -0.3 is 10.4 Å². The van der Waals surface area contributed by atoms with Crippen molar-refractivity contribution in [3.8, 4) is 5.69 Å². The fraction of sp³-hybridized carbons (Fsp3) is 0.200. The maximum atomic E-state index is 12.5. The first-order valence-corrected chi connectivity index (χ1v) is 10.2.